The first-order valence-corrected chi connectivity index (χ1v) is 10.5. The number of aromatic nitrogens is 2. The van der Waals surface area contributed by atoms with Crippen LogP contribution >= 0.6 is 11.8 Å². The maximum Gasteiger partial charge on any atom is 0.237 e. The highest BCUT2D eigenvalue weighted by molar-refractivity contribution is 7.99. The molecule has 29 heavy (non-hydrogen) atoms. The number of thioether (sulfide) groups is 1. The Morgan fingerprint density at radius 1 is 1.17 bits per heavy atom. The molecule has 1 atom stereocenters. The number of imidazole rings is 1. The van der Waals surface area contributed by atoms with Crippen molar-refractivity contribution < 1.29 is 9.59 Å². The molecular formula is C22H22N4O2S. The Hall–Kier alpha value is -3.06. The molecule has 0 fully saturated rings. The van der Waals surface area contributed by atoms with Gasteiger partial charge in [0.1, 0.15) is 0 Å². The molecular weight excluding hydrogens is 384 g/mol. The van der Waals surface area contributed by atoms with Crippen LogP contribution in [-0.4, -0.2) is 33.2 Å². The normalized spacial score (nSPS) is 16.1. The van der Waals surface area contributed by atoms with Gasteiger partial charge < -0.3 is 14.8 Å². The van der Waals surface area contributed by atoms with Crippen LogP contribution in [0, 0.1) is 0 Å². The van der Waals surface area contributed by atoms with E-state index >= 15 is 0 Å². The number of hydrogen-bond donors (Lipinski definition) is 1. The fourth-order valence-electron chi connectivity index (χ4n) is 3.50. The van der Waals surface area contributed by atoms with Gasteiger partial charge in [0.05, 0.1) is 17.1 Å². The van der Waals surface area contributed by atoms with Crippen molar-refractivity contribution in [2.24, 2.45) is 0 Å². The molecule has 2 amide bonds. The molecule has 0 unspecified atom stereocenters. The number of rotatable bonds is 5. The van der Waals surface area contributed by atoms with Gasteiger partial charge in [-0.3, -0.25) is 9.59 Å². The Kier molecular flexibility index (Phi) is 5.67. The van der Waals surface area contributed by atoms with E-state index in [4.69, 9.17) is 0 Å². The number of benzene rings is 2. The van der Waals surface area contributed by atoms with E-state index in [1.54, 1.807) is 11.1 Å². The summed E-state index contributed by atoms with van der Waals surface area (Å²) < 4.78 is 2.04. The van der Waals surface area contributed by atoms with Gasteiger partial charge >= 0.3 is 0 Å². The van der Waals surface area contributed by atoms with Gasteiger partial charge in [-0.1, -0.05) is 54.2 Å². The minimum atomic E-state index is -0.212. The minimum Gasteiger partial charge on any atom is -0.324 e. The summed E-state index contributed by atoms with van der Waals surface area (Å²) >= 11 is 1.41. The summed E-state index contributed by atoms with van der Waals surface area (Å²) in [5.41, 5.74) is 2.59. The number of nitrogens with one attached hydrogen (secondary N) is 1. The van der Waals surface area contributed by atoms with E-state index in [0.717, 1.165) is 10.8 Å². The van der Waals surface area contributed by atoms with Crippen LogP contribution < -0.4 is 10.2 Å². The third kappa shape index (κ3) is 4.35. The lowest BCUT2D eigenvalue weighted by Crippen LogP contribution is -2.40. The largest absolute Gasteiger partial charge is 0.324 e. The van der Waals surface area contributed by atoms with Gasteiger partial charge in [-0.2, -0.15) is 0 Å². The molecule has 0 radical (unpaired) electrons. The molecule has 2 heterocycles. The number of carbonyl (C=O) groups excluding carboxylic acids is 2. The van der Waals surface area contributed by atoms with Crippen molar-refractivity contribution in [1.82, 2.24) is 9.55 Å². The zero-order valence-electron chi connectivity index (χ0n) is 16.1. The highest BCUT2D eigenvalue weighted by Gasteiger charge is 2.29. The molecule has 4 rings (SSSR count). The number of amides is 2. The number of para-hydroxylation sites is 2. The second kappa shape index (κ2) is 8.53. The van der Waals surface area contributed by atoms with E-state index < -0.39 is 0 Å². The fraction of sp³-hybridized carbons (Fsp3) is 0.227. The highest BCUT2D eigenvalue weighted by Crippen LogP contribution is 2.32. The molecule has 0 spiro atoms. The lowest BCUT2D eigenvalue weighted by Gasteiger charge is -2.27. The van der Waals surface area contributed by atoms with E-state index in [0.29, 0.717) is 12.2 Å². The van der Waals surface area contributed by atoms with Gasteiger partial charge in [0.25, 0.3) is 0 Å². The predicted octanol–water partition coefficient (Wildman–Crippen LogP) is 3.79. The maximum absolute atomic E-state index is 13.1. The summed E-state index contributed by atoms with van der Waals surface area (Å²) in [6.45, 7) is 2.61. The van der Waals surface area contributed by atoms with Gasteiger partial charge in [0, 0.05) is 31.4 Å². The van der Waals surface area contributed by atoms with Gasteiger partial charge in [0.2, 0.25) is 11.8 Å². The Morgan fingerprint density at radius 3 is 2.76 bits per heavy atom. The lowest BCUT2D eigenvalue weighted by atomic mass is 10.2. The van der Waals surface area contributed by atoms with Gasteiger partial charge in [-0.25, -0.2) is 4.98 Å². The summed E-state index contributed by atoms with van der Waals surface area (Å²) in [4.78, 5) is 31.4. The van der Waals surface area contributed by atoms with Crippen LogP contribution in [0.1, 0.15) is 18.9 Å². The molecule has 7 heteroatoms. The van der Waals surface area contributed by atoms with E-state index in [2.05, 4.69) is 22.4 Å². The van der Waals surface area contributed by atoms with Crippen LogP contribution in [-0.2, 0) is 16.1 Å². The van der Waals surface area contributed by atoms with Crippen molar-refractivity contribution in [2.75, 3.05) is 16.0 Å². The van der Waals surface area contributed by atoms with E-state index in [1.165, 1.54) is 17.3 Å². The number of anilines is 2. The molecule has 0 aliphatic carbocycles. The van der Waals surface area contributed by atoms with Crippen LogP contribution in [0.3, 0.4) is 0 Å². The second-order valence-electron chi connectivity index (χ2n) is 6.99. The summed E-state index contributed by atoms with van der Waals surface area (Å²) in [5.74, 6) is 0.130. The maximum atomic E-state index is 13.1. The third-order valence-corrected chi connectivity index (χ3v) is 5.82. The molecule has 2 aromatic carbocycles. The van der Waals surface area contributed by atoms with Crippen molar-refractivity contribution in [2.45, 2.75) is 31.1 Å². The molecule has 1 aliphatic rings. The van der Waals surface area contributed by atoms with Crippen molar-refractivity contribution in [1.29, 1.82) is 0 Å². The van der Waals surface area contributed by atoms with Crippen molar-refractivity contribution in [3.63, 3.8) is 0 Å². The Bertz CT molecular complexity index is 1020. The molecule has 6 nitrogen and oxygen atoms in total. The average molecular weight is 407 g/mol. The van der Waals surface area contributed by atoms with E-state index in [-0.39, 0.29) is 30.0 Å². The van der Waals surface area contributed by atoms with Crippen LogP contribution in [0.2, 0.25) is 0 Å². The minimum absolute atomic E-state index is 0.0410. The van der Waals surface area contributed by atoms with Crippen LogP contribution in [0.4, 0.5) is 11.4 Å². The Balaban J connectivity index is 1.49. The summed E-state index contributed by atoms with van der Waals surface area (Å²) in [7, 11) is 0. The summed E-state index contributed by atoms with van der Waals surface area (Å²) in [5, 5.41) is 3.69. The predicted molar refractivity (Wildman–Crippen MR) is 115 cm³/mol. The quantitative estimate of drug-likeness (QED) is 0.655. The molecule has 0 bridgehead atoms. The average Bonchev–Trinajstić information content (AvgIpc) is 3.10. The monoisotopic (exact) mass is 406 g/mol. The zero-order valence-corrected chi connectivity index (χ0v) is 16.9. The molecule has 1 aromatic heterocycles. The van der Waals surface area contributed by atoms with Crippen molar-refractivity contribution in [3.8, 4) is 0 Å². The first kappa shape index (κ1) is 19.3. The first-order valence-electron chi connectivity index (χ1n) is 9.50. The number of carbonyl (C=O) groups is 2. The SMILES string of the molecule is C[C@H]1CC(=O)Nc2ccccc2N1C(=O)CSc1nccn1Cc1ccccc1. The van der Waals surface area contributed by atoms with Crippen LogP contribution in [0.5, 0.6) is 0 Å². The Labute approximate surface area is 173 Å². The smallest absolute Gasteiger partial charge is 0.237 e. The summed E-state index contributed by atoms with van der Waals surface area (Å²) in [6, 6.07) is 17.4. The molecule has 148 valence electrons. The summed E-state index contributed by atoms with van der Waals surface area (Å²) in [6.07, 6.45) is 3.95. The van der Waals surface area contributed by atoms with Gasteiger partial charge in [0.15, 0.2) is 5.16 Å². The first-order chi connectivity index (χ1) is 14.1. The van der Waals surface area contributed by atoms with Crippen LogP contribution in [0.25, 0.3) is 0 Å². The zero-order chi connectivity index (χ0) is 20.2. The molecule has 1 N–H and O–H groups in total. The molecule has 3 aromatic rings. The standard InChI is InChI=1S/C22H22N4O2S/c1-16-13-20(27)24-18-9-5-6-10-19(18)26(16)21(28)15-29-22-23-11-12-25(22)14-17-7-3-2-4-8-17/h2-12,16H,13-15H2,1H3,(H,24,27)/t16-/m0/s1. The highest BCUT2D eigenvalue weighted by atomic mass is 32.2. The number of fused-ring (bicyclic) bond motifs is 1. The van der Waals surface area contributed by atoms with E-state index in [1.807, 2.05) is 60.2 Å². The third-order valence-electron chi connectivity index (χ3n) is 4.83. The lowest BCUT2D eigenvalue weighted by molar-refractivity contribution is -0.117. The van der Waals surface area contributed by atoms with Crippen LogP contribution in [0.15, 0.2) is 72.1 Å². The molecule has 0 saturated heterocycles. The number of nitrogens with zero attached hydrogens (tertiary/aromatic N) is 3. The molecule has 0 saturated carbocycles. The molecule has 1 aliphatic heterocycles. The van der Waals surface area contributed by atoms with Crippen molar-refractivity contribution >= 4 is 35.0 Å². The van der Waals surface area contributed by atoms with Gasteiger partial charge in [-0.05, 0) is 24.6 Å². The van der Waals surface area contributed by atoms with E-state index in [9.17, 15) is 9.59 Å². The van der Waals surface area contributed by atoms with Crippen molar-refractivity contribution in [3.05, 3.63) is 72.6 Å². The second-order valence-corrected chi connectivity index (χ2v) is 7.94. The Morgan fingerprint density at radius 2 is 1.93 bits per heavy atom. The fourth-order valence-corrected chi connectivity index (χ4v) is 4.32. The number of hydrogen-bond acceptors (Lipinski definition) is 4. The van der Waals surface area contributed by atoms with Gasteiger partial charge in [-0.15, -0.1) is 0 Å². The topological polar surface area (TPSA) is 67.2 Å².